The van der Waals surface area contributed by atoms with E-state index in [1.54, 1.807) is 0 Å². The molecule has 2 aliphatic rings. The van der Waals surface area contributed by atoms with E-state index in [4.69, 9.17) is 0 Å². The Bertz CT molecular complexity index is 1150. The van der Waals surface area contributed by atoms with Gasteiger partial charge in [-0.25, -0.2) is 15.0 Å². The van der Waals surface area contributed by atoms with E-state index in [0.29, 0.717) is 23.1 Å². The van der Waals surface area contributed by atoms with Crippen LogP contribution in [-0.4, -0.2) is 57.6 Å². The fourth-order valence-corrected chi connectivity index (χ4v) is 4.80. The SMILES string of the molecule is FC(F)(F)c1cnc(NC2=CCCNC2)nc1-c1c[nH]c2nc(N3CCSCC3)ccc12. The van der Waals surface area contributed by atoms with Crippen molar-refractivity contribution in [2.24, 2.45) is 0 Å². The number of fused-ring (bicyclic) bond motifs is 1. The standard InChI is InChI=1S/C21H22F3N7S/c22-21(23,24)16-12-27-20(28-13-2-1-5-25-10-13)30-18(16)15-11-26-19-14(15)3-4-17(29-19)31-6-8-32-9-7-31/h2-4,11-12,25H,1,5-10H2,(H,26,29)(H,27,28,30). The Morgan fingerprint density at radius 1 is 1.12 bits per heavy atom. The molecule has 0 radical (unpaired) electrons. The maximum absolute atomic E-state index is 13.8. The van der Waals surface area contributed by atoms with E-state index in [9.17, 15) is 13.2 Å². The van der Waals surface area contributed by atoms with Crippen LogP contribution < -0.4 is 15.5 Å². The third-order valence-corrected chi connectivity index (χ3v) is 6.45. The van der Waals surface area contributed by atoms with Crippen molar-refractivity contribution >= 4 is 34.6 Å². The molecule has 2 aliphatic heterocycles. The molecule has 5 rings (SSSR count). The van der Waals surface area contributed by atoms with Gasteiger partial charge in [0, 0.05) is 60.2 Å². The van der Waals surface area contributed by atoms with Gasteiger partial charge >= 0.3 is 6.18 Å². The van der Waals surface area contributed by atoms with E-state index < -0.39 is 11.7 Å². The predicted octanol–water partition coefficient (Wildman–Crippen LogP) is 3.88. The van der Waals surface area contributed by atoms with Crippen molar-refractivity contribution in [2.45, 2.75) is 12.6 Å². The van der Waals surface area contributed by atoms with Crippen molar-refractivity contribution in [3.05, 3.63) is 41.9 Å². The summed E-state index contributed by atoms with van der Waals surface area (Å²) in [5.74, 6) is 3.03. The van der Waals surface area contributed by atoms with E-state index in [1.165, 1.54) is 6.20 Å². The van der Waals surface area contributed by atoms with Gasteiger partial charge in [0.25, 0.3) is 0 Å². The molecule has 0 bridgehead atoms. The largest absolute Gasteiger partial charge is 0.419 e. The molecule has 1 fully saturated rings. The lowest BCUT2D eigenvalue weighted by Crippen LogP contribution is -2.32. The first-order valence-corrected chi connectivity index (χ1v) is 11.6. The third-order valence-electron chi connectivity index (χ3n) is 5.51. The van der Waals surface area contributed by atoms with E-state index in [0.717, 1.165) is 55.3 Å². The van der Waals surface area contributed by atoms with Crippen LogP contribution in [0.1, 0.15) is 12.0 Å². The van der Waals surface area contributed by atoms with Crippen LogP contribution in [0.4, 0.5) is 24.9 Å². The summed E-state index contributed by atoms with van der Waals surface area (Å²) in [7, 11) is 0. The smallest absolute Gasteiger partial charge is 0.355 e. The number of anilines is 2. The first-order chi connectivity index (χ1) is 15.5. The van der Waals surface area contributed by atoms with Crippen LogP contribution in [0.3, 0.4) is 0 Å². The summed E-state index contributed by atoms with van der Waals surface area (Å²) in [5.41, 5.74) is 0.677. The number of nitrogens with zero attached hydrogens (tertiary/aromatic N) is 4. The van der Waals surface area contributed by atoms with Crippen molar-refractivity contribution in [3.8, 4) is 11.3 Å². The van der Waals surface area contributed by atoms with Crippen molar-refractivity contribution in [1.29, 1.82) is 0 Å². The molecule has 0 spiro atoms. The number of alkyl halides is 3. The van der Waals surface area contributed by atoms with Crippen LogP contribution in [0, 0.1) is 0 Å². The van der Waals surface area contributed by atoms with Gasteiger partial charge in [-0.1, -0.05) is 6.08 Å². The second kappa shape index (κ2) is 8.62. The highest BCUT2D eigenvalue weighted by molar-refractivity contribution is 7.99. The quantitative estimate of drug-likeness (QED) is 0.544. The number of thioether (sulfide) groups is 1. The lowest BCUT2D eigenvalue weighted by Gasteiger charge is -2.27. The van der Waals surface area contributed by atoms with Crippen molar-refractivity contribution < 1.29 is 13.2 Å². The Hall–Kier alpha value is -2.79. The Labute approximate surface area is 186 Å². The molecule has 11 heteroatoms. The minimum atomic E-state index is -4.58. The minimum absolute atomic E-state index is 0.132. The van der Waals surface area contributed by atoms with Crippen molar-refractivity contribution in [2.75, 3.05) is 47.9 Å². The summed E-state index contributed by atoms with van der Waals surface area (Å²) in [6.45, 7) is 3.26. The highest BCUT2D eigenvalue weighted by Gasteiger charge is 2.36. The number of H-pyrrole nitrogens is 1. The molecule has 0 amide bonds. The van der Waals surface area contributed by atoms with Crippen LogP contribution >= 0.6 is 11.8 Å². The van der Waals surface area contributed by atoms with Gasteiger partial charge in [-0.05, 0) is 25.1 Å². The molecule has 5 heterocycles. The number of nitrogens with one attached hydrogen (secondary N) is 3. The van der Waals surface area contributed by atoms with Gasteiger partial charge in [0.1, 0.15) is 17.0 Å². The number of aromatic amines is 1. The summed E-state index contributed by atoms with van der Waals surface area (Å²) < 4.78 is 41.3. The fourth-order valence-electron chi connectivity index (χ4n) is 3.90. The zero-order valence-electron chi connectivity index (χ0n) is 17.2. The average molecular weight is 462 g/mol. The zero-order valence-corrected chi connectivity index (χ0v) is 18.0. The Morgan fingerprint density at radius 3 is 2.72 bits per heavy atom. The van der Waals surface area contributed by atoms with Crippen LogP contribution in [0.5, 0.6) is 0 Å². The first-order valence-electron chi connectivity index (χ1n) is 10.4. The molecule has 0 aliphatic carbocycles. The predicted molar refractivity (Wildman–Crippen MR) is 121 cm³/mol. The van der Waals surface area contributed by atoms with Crippen LogP contribution in [0.2, 0.25) is 0 Å². The van der Waals surface area contributed by atoms with Gasteiger partial charge in [-0.15, -0.1) is 0 Å². The Morgan fingerprint density at radius 2 is 1.97 bits per heavy atom. The molecule has 3 aromatic heterocycles. The maximum Gasteiger partial charge on any atom is 0.419 e. The number of pyridine rings is 1. The average Bonchev–Trinajstić information content (AvgIpc) is 3.23. The van der Waals surface area contributed by atoms with Crippen molar-refractivity contribution in [1.82, 2.24) is 25.3 Å². The molecular formula is C21H22F3N7S. The number of rotatable bonds is 4. The Kier molecular flexibility index (Phi) is 5.68. The molecule has 32 heavy (non-hydrogen) atoms. The monoisotopic (exact) mass is 461 g/mol. The Balaban J connectivity index is 1.54. The van der Waals surface area contributed by atoms with Gasteiger partial charge in [0.15, 0.2) is 0 Å². The summed E-state index contributed by atoms with van der Waals surface area (Å²) in [4.78, 5) is 18.1. The van der Waals surface area contributed by atoms with Gasteiger partial charge in [-0.3, -0.25) is 0 Å². The van der Waals surface area contributed by atoms with Crippen LogP contribution in [0.15, 0.2) is 36.3 Å². The molecule has 0 atom stereocenters. The molecule has 0 saturated carbocycles. The van der Waals surface area contributed by atoms with Crippen LogP contribution in [0.25, 0.3) is 22.3 Å². The highest BCUT2D eigenvalue weighted by Crippen LogP contribution is 2.38. The maximum atomic E-state index is 13.8. The summed E-state index contributed by atoms with van der Waals surface area (Å²) >= 11 is 1.90. The van der Waals surface area contributed by atoms with Crippen LogP contribution in [-0.2, 0) is 6.18 Å². The molecule has 1 saturated heterocycles. The number of hydrogen-bond acceptors (Lipinski definition) is 7. The van der Waals surface area contributed by atoms with E-state index in [-0.39, 0.29) is 11.6 Å². The zero-order chi connectivity index (χ0) is 22.1. The fraction of sp³-hybridized carbons (Fsp3) is 0.381. The second-order valence-electron chi connectivity index (χ2n) is 7.64. The van der Waals surface area contributed by atoms with Gasteiger partial charge in [-0.2, -0.15) is 24.9 Å². The molecule has 0 aromatic carbocycles. The number of halogens is 3. The minimum Gasteiger partial charge on any atom is -0.355 e. The topological polar surface area (TPSA) is 81.8 Å². The lowest BCUT2D eigenvalue weighted by molar-refractivity contribution is -0.137. The van der Waals surface area contributed by atoms with Gasteiger partial charge in [0.2, 0.25) is 5.95 Å². The lowest BCUT2D eigenvalue weighted by atomic mass is 10.1. The molecule has 168 valence electrons. The van der Waals surface area contributed by atoms with Gasteiger partial charge < -0.3 is 20.5 Å². The van der Waals surface area contributed by atoms with E-state index in [1.807, 2.05) is 30.0 Å². The number of hydrogen-bond donors (Lipinski definition) is 3. The van der Waals surface area contributed by atoms with E-state index in [2.05, 4.69) is 35.5 Å². The highest BCUT2D eigenvalue weighted by atomic mass is 32.2. The summed E-state index contributed by atoms with van der Waals surface area (Å²) in [6, 6.07) is 3.68. The first kappa shape index (κ1) is 21.1. The summed E-state index contributed by atoms with van der Waals surface area (Å²) in [6.07, 6.45) is 0.626. The third kappa shape index (κ3) is 4.26. The van der Waals surface area contributed by atoms with Crippen molar-refractivity contribution in [3.63, 3.8) is 0 Å². The summed E-state index contributed by atoms with van der Waals surface area (Å²) in [5, 5.41) is 6.83. The van der Waals surface area contributed by atoms with Gasteiger partial charge in [0.05, 0.1) is 5.69 Å². The normalized spacial score (nSPS) is 17.5. The molecule has 7 nitrogen and oxygen atoms in total. The molecule has 0 unspecified atom stereocenters. The second-order valence-corrected chi connectivity index (χ2v) is 8.87. The van der Waals surface area contributed by atoms with E-state index >= 15 is 0 Å². The molecule has 3 N–H and O–H groups in total. The number of aromatic nitrogens is 4. The molecule has 3 aromatic rings. The molecular weight excluding hydrogens is 439 g/mol.